The van der Waals surface area contributed by atoms with Crippen molar-refractivity contribution in [2.45, 2.75) is 32.6 Å². The second kappa shape index (κ2) is 7.48. The van der Waals surface area contributed by atoms with Crippen LogP contribution in [0.5, 0.6) is 0 Å². The molecule has 1 aliphatic rings. The molecule has 0 unspecified atom stereocenters. The zero-order valence-electron chi connectivity index (χ0n) is 13.7. The summed E-state index contributed by atoms with van der Waals surface area (Å²) in [6.07, 6.45) is -3.19. The van der Waals surface area contributed by atoms with E-state index in [2.05, 4.69) is 29.0 Å². The number of nitrogens with zero attached hydrogens (tertiary/aromatic N) is 2. The molecule has 1 aromatic heterocycles. The van der Waals surface area contributed by atoms with E-state index in [1.165, 1.54) is 12.3 Å². The van der Waals surface area contributed by atoms with Gasteiger partial charge >= 0.3 is 6.18 Å². The summed E-state index contributed by atoms with van der Waals surface area (Å²) in [6.45, 7) is 5.37. The number of nitrogens with one attached hydrogen (secondary N) is 1. The zero-order chi connectivity index (χ0) is 17.9. The predicted octanol–water partition coefficient (Wildman–Crippen LogP) is 1.67. The second-order valence-corrected chi connectivity index (χ2v) is 6.48. The van der Waals surface area contributed by atoms with E-state index in [0.29, 0.717) is 24.6 Å². The molecule has 2 atom stereocenters. The van der Waals surface area contributed by atoms with Crippen LogP contribution in [-0.2, 0) is 17.5 Å². The summed E-state index contributed by atoms with van der Waals surface area (Å²) in [5.41, 5.74) is -0.208. The second-order valence-electron chi connectivity index (χ2n) is 6.48. The van der Waals surface area contributed by atoms with E-state index in [1.54, 1.807) is 0 Å². The van der Waals surface area contributed by atoms with Gasteiger partial charge in [0.2, 0.25) is 5.91 Å². The van der Waals surface area contributed by atoms with Crippen molar-refractivity contribution < 1.29 is 23.1 Å². The molecular weight excluding hydrogens is 323 g/mol. The minimum atomic E-state index is -4.44. The first-order chi connectivity index (χ1) is 11.2. The molecule has 1 saturated heterocycles. The largest absolute Gasteiger partial charge is 0.433 e. The number of carbonyl (C=O) groups is 1. The molecule has 0 aromatic carbocycles. The summed E-state index contributed by atoms with van der Waals surface area (Å²) in [5, 5.41) is 11.7. The first-order valence-electron chi connectivity index (χ1n) is 7.85. The Bertz CT molecular complexity index is 561. The maximum atomic E-state index is 12.5. The molecule has 2 heterocycles. The molecule has 1 fully saturated rings. The van der Waals surface area contributed by atoms with Crippen molar-refractivity contribution >= 4 is 5.91 Å². The summed E-state index contributed by atoms with van der Waals surface area (Å²) < 4.78 is 37.6. The lowest BCUT2D eigenvalue weighted by molar-refractivity contribution is -0.141. The molecule has 0 bridgehead atoms. The van der Waals surface area contributed by atoms with Crippen LogP contribution in [0.25, 0.3) is 0 Å². The highest BCUT2D eigenvalue weighted by Crippen LogP contribution is 2.28. The molecule has 0 spiro atoms. The topological polar surface area (TPSA) is 65.5 Å². The van der Waals surface area contributed by atoms with Crippen LogP contribution in [0.2, 0.25) is 0 Å². The van der Waals surface area contributed by atoms with Crippen molar-refractivity contribution in [3.8, 4) is 0 Å². The normalized spacial score (nSPS) is 22.1. The van der Waals surface area contributed by atoms with Gasteiger partial charge in [0.25, 0.3) is 0 Å². The van der Waals surface area contributed by atoms with Gasteiger partial charge in [-0.15, -0.1) is 0 Å². The van der Waals surface area contributed by atoms with Crippen LogP contribution in [-0.4, -0.2) is 46.6 Å². The van der Waals surface area contributed by atoms with Crippen molar-refractivity contribution in [2.75, 3.05) is 19.7 Å². The van der Waals surface area contributed by atoms with E-state index < -0.39 is 24.4 Å². The SMILES string of the molecule is CC(C)[C@H]1CN(Cc2ccc(C(F)(F)F)nc2)C[C@@H]1NC(=O)CO. The Morgan fingerprint density at radius 3 is 2.62 bits per heavy atom. The van der Waals surface area contributed by atoms with Crippen LogP contribution in [0.3, 0.4) is 0 Å². The van der Waals surface area contributed by atoms with E-state index in [9.17, 15) is 18.0 Å². The number of hydrogen-bond acceptors (Lipinski definition) is 4. The summed E-state index contributed by atoms with van der Waals surface area (Å²) in [6, 6.07) is 2.34. The third kappa shape index (κ3) is 4.67. The third-order valence-electron chi connectivity index (χ3n) is 4.31. The standard InChI is InChI=1S/C16H22F3N3O2/c1-10(2)12-7-22(8-13(12)21-15(24)9-23)6-11-3-4-14(20-5-11)16(17,18)19/h3-5,10,12-13,23H,6-9H2,1-2H3,(H,21,24)/t12-,13+/m1/s1. The van der Waals surface area contributed by atoms with Crippen LogP contribution in [0.15, 0.2) is 18.3 Å². The minimum Gasteiger partial charge on any atom is -0.387 e. The number of likely N-dealkylation sites (tertiary alicyclic amines) is 1. The van der Waals surface area contributed by atoms with Gasteiger partial charge < -0.3 is 10.4 Å². The van der Waals surface area contributed by atoms with E-state index in [-0.39, 0.29) is 12.0 Å². The van der Waals surface area contributed by atoms with Crippen LogP contribution in [0.4, 0.5) is 13.2 Å². The van der Waals surface area contributed by atoms with E-state index in [1.807, 2.05) is 0 Å². The number of aliphatic hydroxyl groups is 1. The van der Waals surface area contributed by atoms with Crippen molar-refractivity contribution in [3.05, 3.63) is 29.6 Å². The van der Waals surface area contributed by atoms with Gasteiger partial charge in [0.1, 0.15) is 12.3 Å². The molecule has 1 aliphatic heterocycles. The van der Waals surface area contributed by atoms with Gasteiger partial charge in [0.15, 0.2) is 0 Å². The fraction of sp³-hybridized carbons (Fsp3) is 0.625. The monoisotopic (exact) mass is 345 g/mol. The Balaban J connectivity index is 2.01. The van der Waals surface area contributed by atoms with Crippen molar-refractivity contribution in [2.24, 2.45) is 11.8 Å². The highest BCUT2D eigenvalue weighted by molar-refractivity contribution is 5.77. The zero-order valence-corrected chi connectivity index (χ0v) is 13.7. The fourth-order valence-electron chi connectivity index (χ4n) is 3.07. The van der Waals surface area contributed by atoms with Crippen LogP contribution >= 0.6 is 0 Å². The summed E-state index contributed by atoms with van der Waals surface area (Å²) in [4.78, 5) is 17.0. The lowest BCUT2D eigenvalue weighted by Gasteiger charge is -2.22. The number of amides is 1. The maximum absolute atomic E-state index is 12.5. The number of carbonyl (C=O) groups excluding carboxylic acids is 1. The Morgan fingerprint density at radius 1 is 1.42 bits per heavy atom. The lowest BCUT2D eigenvalue weighted by atomic mass is 9.91. The van der Waals surface area contributed by atoms with Crippen LogP contribution in [0, 0.1) is 11.8 Å². The molecule has 2 rings (SSSR count). The first-order valence-corrected chi connectivity index (χ1v) is 7.85. The molecule has 0 radical (unpaired) electrons. The number of halogens is 3. The van der Waals surface area contributed by atoms with E-state index in [0.717, 1.165) is 12.6 Å². The number of pyridine rings is 1. The molecular formula is C16H22F3N3O2. The van der Waals surface area contributed by atoms with Crippen molar-refractivity contribution in [1.29, 1.82) is 0 Å². The highest BCUT2D eigenvalue weighted by atomic mass is 19.4. The molecule has 1 amide bonds. The Kier molecular flexibility index (Phi) is 5.82. The van der Waals surface area contributed by atoms with Gasteiger partial charge in [-0.2, -0.15) is 13.2 Å². The maximum Gasteiger partial charge on any atom is 0.433 e. The Hall–Kier alpha value is -1.67. The lowest BCUT2D eigenvalue weighted by Crippen LogP contribution is -2.43. The average molecular weight is 345 g/mol. The number of hydrogen-bond donors (Lipinski definition) is 2. The van der Waals surface area contributed by atoms with Crippen molar-refractivity contribution in [3.63, 3.8) is 0 Å². The Labute approximate surface area is 138 Å². The number of aromatic nitrogens is 1. The molecule has 134 valence electrons. The number of aliphatic hydroxyl groups excluding tert-OH is 1. The number of rotatable bonds is 5. The summed E-state index contributed by atoms with van der Waals surface area (Å²) >= 11 is 0. The van der Waals surface area contributed by atoms with Crippen LogP contribution in [0.1, 0.15) is 25.1 Å². The molecule has 0 aliphatic carbocycles. The van der Waals surface area contributed by atoms with Gasteiger partial charge in [0.05, 0.1) is 0 Å². The average Bonchev–Trinajstić information content (AvgIpc) is 2.89. The predicted molar refractivity (Wildman–Crippen MR) is 81.9 cm³/mol. The van der Waals surface area contributed by atoms with Gasteiger partial charge in [-0.1, -0.05) is 19.9 Å². The Morgan fingerprint density at radius 2 is 2.12 bits per heavy atom. The number of alkyl halides is 3. The van der Waals surface area contributed by atoms with Gasteiger partial charge in [-0.05, 0) is 23.5 Å². The molecule has 2 N–H and O–H groups in total. The molecule has 5 nitrogen and oxygen atoms in total. The van der Waals surface area contributed by atoms with Gasteiger partial charge in [-0.25, -0.2) is 0 Å². The van der Waals surface area contributed by atoms with E-state index >= 15 is 0 Å². The molecule has 0 saturated carbocycles. The van der Waals surface area contributed by atoms with E-state index in [4.69, 9.17) is 5.11 Å². The summed E-state index contributed by atoms with van der Waals surface area (Å²) in [5.74, 6) is 0.149. The summed E-state index contributed by atoms with van der Waals surface area (Å²) in [7, 11) is 0. The molecule has 1 aromatic rings. The van der Waals surface area contributed by atoms with Gasteiger partial charge in [0, 0.05) is 31.9 Å². The van der Waals surface area contributed by atoms with Crippen molar-refractivity contribution in [1.82, 2.24) is 15.2 Å². The smallest absolute Gasteiger partial charge is 0.387 e. The molecule has 8 heteroatoms. The minimum absolute atomic E-state index is 0.0768. The van der Waals surface area contributed by atoms with Gasteiger partial charge in [-0.3, -0.25) is 14.7 Å². The quantitative estimate of drug-likeness (QED) is 0.852. The third-order valence-corrected chi connectivity index (χ3v) is 4.31. The fourth-order valence-corrected chi connectivity index (χ4v) is 3.07. The van der Waals surface area contributed by atoms with Crippen LogP contribution < -0.4 is 5.32 Å². The molecule has 24 heavy (non-hydrogen) atoms. The first kappa shape index (κ1) is 18.7. The highest BCUT2D eigenvalue weighted by Gasteiger charge is 2.36.